The number of ether oxygens (including phenoxy) is 1. The van der Waals surface area contributed by atoms with E-state index in [0.29, 0.717) is 0 Å². The number of hydrogen-bond acceptors (Lipinski definition) is 3. The molecule has 1 fully saturated rings. The van der Waals surface area contributed by atoms with Gasteiger partial charge in [0.05, 0.1) is 6.61 Å². The molecule has 164 valence electrons. The first-order valence-corrected chi connectivity index (χ1v) is 11.9. The molecule has 0 spiro atoms. The minimum Gasteiger partial charge on any atom is -0.367 e. The van der Waals surface area contributed by atoms with E-state index < -0.39 is 0 Å². The van der Waals surface area contributed by atoms with E-state index in [-0.39, 0.29) is 6.10 Å². The summed E-state index contributed by atoms with van der Waals surface area (Å²) in [4.78, 5) is 5.18. The Labute approximate surface area is 188 Å². The number of hydrogen-bond donors (Lipinski definition) is 0. The van der Waals surface area contributed by atoms with Crippen LogP contribution < -0.4 is 0 Å². The summed E-state index contributed by atoms with van der Waals surface area (Å²) in [6, 6.07) is 21.1. The van der Waals surface area contributed by atoms with Crippen molar-refractivity contribution in [2.75, 3.05) is 45.9 Å². The van der Waals surface area contributed by atoms with Gasteiger partial charge in [-0.3, -0.25) is 4.90 Å². The number of piperazine rings is 1. The van der Waals surface area contributed by atoms with Crippen molar-refractivity contribution < 1.29 is 4.74 Å². The van der Waals surface area contributed by atoms with E-state index in [1.807, 2.05) is 0 Å². The molecule has 4 rings (SSSR count). The van der Waals surface area contributed by atoms with E-state index in [1.54, 1.807) is 0 Å². The highest BCUT2D eigenvalue weighted by molar-refractivity contribution is 5.29. The smallest absolute Gasteiger partial charge is 0.108 e. The zero-order valence-electron chi connectivity index (χ0n) is 18.7. The second-order valence-electron chi connectivity index (χ2n) is 8.62. The standard InChI is InChI=1S/C28H36N2O/c1-4-11-25(12-5-1)13-10-18-29-19-21-30(22-20-29)23-24-31-28(26-14-6-2-7-15-26)27-16-8-3-9-17-27/h2-4,6-9,11-12,14-17,28H,1,5,10,13,18-24H2. The van der Waals surface area contributed by atoms with E-state index >= 15 is 0 Å². The van der Waals surface area contributed by atoms with Gasteiger partial charge in [-0.1, -0.05) is 84.5 Å². The molecule has 1 aliphatic carbocycles. The molecular formula is C28H36N2O. The molecule has 1 aliphatic heterocycles. The molecule has 0 atom stereocenters. The summed E-state index contributed by atoms with van der Waals surface area (Å²) >= 11 is 0. The molecular weight excluding hydrogens is 380 g/mol. The minimum atomic E-state index is 0.00632. The lowest BCUT2D eigenvalue weighted by atomic mass is 10.0. The zero-order valence-corrected chi connectivity index (χ0v) is 18.7. The van der Waals surface area contributed by atoms with Crippen LogP contribution >= 0.6 is 0 Å². The number of rotatable bonds is 10. The third-order valence-electron chi connectivity index (χ3n) is 6.37. The van der Waals surface area contributed by atoms with Gasteiger partial charge in [-0.05, 0) is 43.4 Å². The summed E-state index contributed by atoms with van der Waals surface area (Å²) in [5.41, 5.74) is 3.98. The highest BCUT2D eigenvalue weighted by Crippen LogP contribution is 2.25. The number of nitrogens with zero attached hydrogens (tertiary/aromatic N) is 2. The lowest BCUT2D eigenvalue weighted by molar-refractivity contribution is 0.0451. The Balaban J connectivity index is 1.18. The van der Waals surface area contributed by atoms with Crippen LogP contribution in [0.4, 0.5) is 0 Å². The minimum absolute atomic E-state index is 0.00632. The molecule has 1 saturated heterocycles. The second-order valence-corrected chi connectivity index (χ2v) is 8.62. The van der Waals surface area contributed by atoms with Crippen LogP contribution in [0.1, 0.15) is 42.9 Å². The van der Waals surface area contributed by atoms with Crippen molar-refractivity contribution in [3.05, 3.63) is 95.6 Å². The first kappa shape index (κ1) is 22.0. The molecule has 31 heavy (non-hydrogen) atoms. The summed E-state index contributed by atoms with van der Waals surface area (Å²) in [5, 5.41) is 0. The molecule has 0 unspecified atom stereocenters. The molecule has 2 aromatic carbocycles. The van der Waals surface area contributed by atoms with Crippen LogP contribution in [-0.2, 0) is 4.74 Å². The van der Waals surface area contributed by atoms with Gasteiger partial charge in [0, 0.05) is 32.7 Å². The maximum Gasteiger partial charge on any atom is 0.108 e. The summed E-state index contributed by atoms with van der Waals surface area (Å²) in [7, 11) is 0. The Morgan fingerprint density at radius 1 is 0.742 bits per heavy atom. The normalized spacial score (nSPS) is 17.8. The maximum atomic E-state index is 6.41. The van der Waals surface area contributed by atoms with Gasteiger partial charge in [0.25, 0.3) is 0 Å². The first-order valence-electron chi connectivity index (χ1n) is 11.9. The van der Waals surface area contributed by atoms with E-state index in [9.17, 15) is 0 Å². The lowest BCUT2D eigenvalue weighted by Gasteiger charge is -2.35. The summed E-state index contributed by atoms with van der Waals surface area (Å²) < 4.78 is 6.41. The van der Waals surface area contributed by atoms with Crippen molar-refractivity contribution >= 4 is 0 Å². The molecule has 2 aliphatic rings. The third kappa shape index (κ3) is 6.90. The predicted octanol–water partition coefficient (Wildman–Crippen LogP) is 5.47. The highest BCUT2D eigenvalue weighted by Gasteiger charge is 2.18. The topological polar surface area (TPSA) is 15.7 Å². The largest absolute Gasteiger partial charge is 0.367 e. The molecule has 0 amide bonds. The molecule has 0 bridgehead atoms. The fourth-order valence-electron chi connectivity index (χ4n) is 4.54. The maximum absolute atomic E-state index is 6.41. The van der Waals surface area contributed by atoms with Crippen molar-refractivity contribution in [1.29, 1.82) is 0 Å². The Morgan fingerprint density at radius 2 is 1.35 bits per heavy atom. The molecule has 3 heteroatoms. The molecule has 1 heterocycles. The van der Waals surface area contributed by atoms with E-state index in [1.165, 1.54) is 62.0 Å². The van der Waals surface area contributed by atoms with Gasteiger partial charge in [-0.15, -0.1) is 0 Å². The lowest BCUT2D eigenvalue weighted by Crippen LogP contribution is -2.47. The van der Waals surface area contributed by atoms with Crippen LogP contribution in [-0.4, -0.2) is 55.7 Å². The molecule has 0 saturated carbocycles. The highest BCUT2D eigenvalue weighted by atomic mass is 16.5. The van der Waals surface area contributed by atoms with Gasteiger partial charge in [0.15, 0.2) is 0 Å². The molecule has 0 radical (unpaired) electrons. The predicted molar refractivity (Wildman–Crippen MR) is 129 cm³/mol. The van der Waals surface area contributed by atoms with Crippen LogP contribution in [0.2, 0.25) is 0 Å². The molecule has 2 aromatic rings. The van der Waals surface area contributed by atoms with Crippen LogP contribution in [0.25, 0.3) is 0 Å². The third-order valence-corrected chi connectivity index (χ3v) is 6.37. The quantitative estimate of drug-likeness (QED) is 0.511. The molecule has 0 N–H and O–H groups in total. The van der Waals surface area contributed by atoms with E-state index in [4.69, 9.17) is 4.74 Å². The Bertz CT molecular complexity index is 783. The van der Waals surface area contributed by atoms with Gasteiger partial charge in [-0.25, -0.2) is 0 Å². The van der Waals surface area contributed by atoms with E-state index in [0.717, 1.165) is 26.2 Å². The summed E-state index contributed by atoms with van der Waals surface area (Å²) in [5.74, 6) is 0. The fraction of sp³-hybridized carbons (Fsp3) is 0.429. The number of allylic oxidation sites excluding steroid dienone is 4. The summed E-state index contributed by atoms with van der Waals surface area (Å²) in [6.07, 6.45) is 12.0. The van der Waals surface area contributed by atoms with Crippen LogP contribution in [0.3, 0.4) is 0 Å². The average Bonchev–Trinajstić information content (AvgIpc) is 2.85. The second kappa shape index (κ2) is 12.0. The Kier molecular flexibility index (Phi) is 8.52. The van der Waals surface area contributed by atoms with Crippen LogP contribution in [0.15, 0.2) is 84.5 Å². The van der Waals surface area contributed by atoms with Crippen molar-refractivity contribution in [2.45, 2.75) is 31.8 Å². The van der Waals surface area contributed by atoms with Gasteiger partial charge in [0.1, 0.15) is 6.10 Å². The molecule has 3 nitrogen and oxygen atoms in total. The van der Waals surface area contributed by atoms with E-state index in [2.05, 4.69) is 88.7 Å². The van der Waals surface area contributed by atoms with Gasteiger partial charge in [0.2, 0.25) is 0 Å². The molecule has 0 aromatic heterocycles. The summed E-state index contributed by atoms with van der Waals surface area (Å²) in [6.45, 7) is 7.63. The van der Waals surface area contributed by atoms with Gasteiger partial charge >= 0.3 is 0 Å². The SMILES string of the molecule is C1=CC(CCCN2CCN(CCOC(c3ccccc3)c3ccccc3)CC2)=CCC1. The van der Waals surface area contributed by atoms with Crippen molar-refractivity contribution in [2.24, 2.45) is 0 Å². The fourth-order valence-corrected chi connectivity index (χ4v) is 4.54. The van der Waals surface area contributed by atoms with Crippen molar-refractivity contribution in [3.63, 3.8) is 0 Å². The van der Waals surface area contributed by atoms with Crippen LogP contribution in [0.5, 0.6) is 0 Å². The first-order chi connectivity index (χ1) is 15.4. The van der Waals surface area contributed by atoms with Crippen LogP contribution in [0, 0.1) is 0 Å². The average molecular weight is 417 g/mol. The Hall–Kier alpha value is -2.20. The van der Waals surface area contributed by atoms with Gasteiger partial charge < -0.3 is 9.64 Å². The van der Waals surface area contributed by atoms with Crippen molar-refractivity contribution in [1.82, 2.24) is 9.80 Å². The monoisotopic (exact) mass is 416 g/mol. The zero-order chi connectivity index (χ0) is 21.1. The number of benzene rings is 2. The van der Waals surface area contributed by atoms with Gasteiger partial charge in [-0.2, -0.15) is 0 Å². The van der Waals surface area contributed by atoms with Crippen molar-refractivity contribution in [3.8, 4) is 0 Å². The Morgan fingerprint density at radius 3 is 1.94 bits per heavy atom.